The molecule has 0 saturated carbocycles. The van der Waals surface area contributed by atoms with Crippen LogP contribution in [0.3, 0.4) is 0 Å². The SMILES string of the molecule is O=C(/C=C/CC[C@@H]1SCC2OC(=O)O[C@@H]21)OCc1ccccc1.O=C(CCCC[C@@H]1SCC2OC(=O)O[C@@H]21)OCc1ccccc1. The van der Waals surface area contributed by atoms with Gasteiger partial charge in [-0.15, -0.1) is 0 Å². The quantitative estimate of drug-likeness (QED) is 0.101. The van der Waals surface area contributed by atoms with Crippen molar-refractivity contribution in [1.82, 2.24) is 0 Å². The minimum absolute atomic E-state index is 0.0895. The molecule has 0 aliphatic carbocycles. The highest BCUT2D eigenvalue weighted by molar-refractivity contribution is 8.00. The van der Waals surface area contributed by atoms with Crippen LogP contribution in [0.15, 0.2) is 72.8 Å². The highest BCUT2D eigenvalue weighted by Crippen LogP contribution is 2.39. The fourth-order valence-electron chi connectivity index (χ4n) is 5.46. The molecule has 4 fully saturated rings. The van der Waals surface area contributed by atoms with Crippen molar-refractivity contribution in [3.05, 3.63) is 83.9 Å². The molecule has 46 heavy (non-hydrogen) atoms. The van der Waals surface area contributed by atoms with E-state index in [4.69, 9.17) is 28.4 Å². The van der Waals surface area contributed by atoms with E-state index in [1.165, 1.54) is 6.08 Å². The Hall–Kier alpha value is -3.64. The zero-order valence-corrected chi connectivity index (χ0v) is 27.0. The number of ether oxygens (including phenoxy) is 6. The normalized spacial score (nSPS) is 25.7. The number of thioether (sulfide) groups is 2. The molecular formula is C34H38O10S2. The van der Waals surface area contributed by atoms with Gasteiger partial charge in [-0.3, -0.25) is 4.79 Å². The number of benzene rings is 2. The van der Waals surface area contributed by atoms with Crippen molar-refractivity contribution >= 4 is 47.8 Å². The van der Waals surface area contributed by atoms with Gasteiger partial charge in [0.25, 0.3) is 0 Å². The highest BCUT2D eigenvalue weighted by atomic mass is 32.2. The molecule has 2 unspecified atom stereocenters. The number of rotatable bonds is 13. The molecule has 0 N–H and O–H groups in total. The molecular weight excluding hydrogens is 632 g/mol. The summed E-state index contributed by atoms with van der Waals surface area (Å²) in [4.78, 5) is 45.5. The van der Waals surface area contributed by atoms with Gasteiger partial charge in [0.1, 0.15) is 13.2 Å². The van der Waals surface area contributed by atoms with Crippen molar-refractivity contribution in [2.45, 2.75) is 86.7 Å². The Balaban J connectivity index is 0.000000181. The Morgan fingerprint density at radius 3 is 1.85 bits per heavy atom. The van der Waals surface area contributed by atoms with Crippen LogP contribution in [-0.4, -0.2) is 70.7 Å². The van der Waals surface area contributed by atoms with E-state index < -0.39 is 12.3 Å². The van der Waals surface area contributed by atoms with Crippen LogP contribution in [0.5, 0.6) is 0 Å². The second-order valence-corrected chi connectivity index (χ2v) is 13.7. The van der Waals surface area contributed by atoms with E-state index in [1.54, 1.807) is 29.6 Å². The maximum absolute atomic E-state index is 11.7. The van der Waals surface area contributed by atoms with Crippen molar-refractivity contribution in [3.8, 4) is 0 Å². The molecule has 246 valence electrons. The largest absolute Gasteiger partial charge is 0.509 e. The number of hydrogen-bond donors (Lipinski definition) is 0. The van der Waals surface area contributed by atoms with Gasteiger partial charge in [0.15, 0.2) is 24.4 Å². The Bertz CT molecular complexity index is 1340. The zero-order chi connectivity index (χ0) is 32.1. The summed E-state index contributed by atoms with van der Waals surface area (Å²) >= 11 is 3.53. The average molecular weight is 671 g/mol. The highest BCUT2D eigenvalue weighted by Gasteiger charge is 2.48. The maximum atomic E-state index is 11.7. The summed E-state index contributed by atoms with van der Waals surface area (Å²) in [6, 6.07) is 19.2. The Morgan fingerprint density at radius 1 is 0.717 bits per heavy atom. The third-order valence-electron chi connectivity index (χ3n) is 7.83. The molecule has 0 amide bonds. The number of carbonyl (C=O) groups is 4. The van der Waals surface area contributed by atoms with E-state index in [1.807, 2.05) is 60.7 Å². The molecule has 4 heterocycles. The molecule has 2 aromatic rings. The van der Waals surface area contributed by atoms with Crippen LogP contribution < -0.4 is 0 Å². The third kappa shape index (κ3) is 10.2. The van der Waals surface area contributed by atoms with Crippen molar-refractivity contribution < 1.29 is 47.6 Å². The van der Waals surface area contributed by atoms with Crippen LogP contribution in [0.1, 0.15) is 49.7 Å². The number of esters is 2. The first-order valence-electron chi connectivity index (χ1n) is 15.5. The van der Waals surface area contributed by atoms with Crippen LogP contribution in [0.25, 0.3) is 0 Å². The summed E-state index contributed by atoms with van der Waals surface area (Å²) in [5, 5.41) is 0.517. The monoisotopic (exact) mass is 670 g/mol. The lowest BCUT2D eigenvalue weighted by atomic mass is 10.1. The van der Waals surface area contributed by atoms with Gasteiger partial charge in [0.2, 0.25) is 0 Å². The minimum atomic E-state index is -0.565. The summed E-state index contributed by atoms with van der Waals surface area (Å²) in [6.07, 6.45) is 6.31. The molecule has 0 aromatic heterocycles. The molecule has 4 aliphatic rings. The van der Waals surface area contributed by atoms with Crippen LogP contribution >= 0.6 is 23.5 Å². The fourth-order valence-corrected chi connectivity index (χ4v) is 8.33. The molecule has 4 saturated heterocycles. The summed E-state index contributed by atoms with van der Waals surface area (Å²) < 4.78 is 30.9. The number of unbranched alkanes of at least 4 members (excludes halogenated alkanes) is 1. The van der Waals surface area contributed by atoms with Crippen LogP contribution in [0, 0.1) is 0 Å². The predicted octanol–water partition coefficient (Wildman–Crippen LogP) is 6.40. The number of hydrogen-bond acceptors (Lipinski definition) is 12. The van der Waals surface area contributed by atoms with Gasteiger partial charge in [0.05, 0.1) is 0 Å². The Morgan fingerprint density at radius 2 is 1.26 bits per heavy atom. The summed E-state index contributed by atoms with van der Waals surface area (Å²) in [5.41, 5.74) is 1.96. The van der Waals surface area contributed by atoms with Gasteiger partial charge in [-0.1, -0.05) is 73.2 Å². The van der Waals surface area contributed by atoms with Crippen molar-refractivity contribution in [3.63, 3.8) is 0 Å². The molecule has 10 nitrogen and oxygen atoms in total. The van der Waals surface area contributed by atoms with Crippen molar-refractivity contribution in [2.75, 3.05) is 11.5 Å². The van der Waals surface area contributed by atoms with E-state index in [0.717, 1.165) is 54.7 Å². The van der Waals surface area contributed by atoms with E-state index in [-0.39, 0.29) is 53.5 Å². The molecule has 0 bridgehead atoms. The van der Waals surface area contributed by atoms with E-state index in [9.17, 15) is 19.2 Å². The van der Waals surface area contributed by atoms with Gasteiger partial charge >= 0.3 is 24.2 Å². The standard InChI is InChI=1S/C17H20O5S.C17H18O5S/c2*18-15(20-10-12-6-2-1-3-7-12)9-5-4-8-14-16-13(11-23-14)21-17(19)22-16/h1-3,6-7,13-14,16H,4-5,8-11H2;1-3,5-7,9,13-14,16H,4,8,10-11H2/b;9-5+/t2*13?,14-,16-/m00/s1. The Labute approximate surface area is 276 Å². The van der Waals surface area contributed by atoms with Crippen molar-refractivity contribution in [1.29, 1.82) is 0 Å². The summed E-state index contributed by atoms with van der Waals surface area (Å²) in [5.74, 6) is 1.08. The lowest BCUT2D eigenvalue weighted by molar-refractivity contribution is -0.145. The summed E-state index contributed by atoms with van der Waals surface area (Å²) in [7, 11) is 0. The predicted molar refractivity (Wildman–Crippen MR) is 172 cm³/mol. The smallest absolute Gasteiger partial charge is 0.461 e. The van der Waals surface area contributed by atoms with E-state index in [2.05, 4.69) is 0 Å². The molecule has 2 aromatic carbocycles. The Kier molecular flexibility index (Phi) is 12.7. The molecule has 6 rings (SSSR count). The lowest BCUT2D eigenvalue weighted by Gasteiger charge is -2.14. The van der Waals surface area contributed by atoms with Gasteiger partial charge in [0, 0.05) is 34.5 Å². The van der Waals surface area contributed by atoms with Crippen LogP contribution in [0.2, 0.25) is 0 Å². The van der Waals surface area contributed by atoms with Gasteiger partial charge in [-0.25, -0.2) is 14.4 Å². The number of allylic oxidation sites excluding steroid dienone is 1. The lowest BCUT2D eigenvalue weighted by Crippen LogP contribution is -2.26. The molecule has 0 spiro atoms. The fraction of sp³-hybridized carbons (Fsp3) is 0.471. The van der Waals surface area contributed by atoms with Crippen molar-refractivity contribution in [2.24, 2.45) is 0 Å². The van der Waals surface area contributed by atoms with Gasteiger partial charge in [-0.2, -0.15) is 23.5 Å². The maximum Gasteiger partial charge on any atom is 0.509 e. The van der Waals surface area contributed by atoms with Gasteiger partial charge < -0.3 is 28.4 Å². The summed E-state index contributed by atoms with van der Waals surface area (Å²) in [6.45, 7) is 0.606. The van der Waals surface area contributed by atoms with E-state index in [0.29, 0.717) is 13.0 Å². The molecule has 12 heteroatoms. The molecule has 6 atom stereocenters. The second-order valence-electron chi connectivity index (χ2n) is 11.2. The third-order valence-corrected chi connectivity index (χ3v) is 10.7. The first-order valence-corrected chi connectivity index (χ1v) is 17.6. The zero-order valence-electron chi connectivity index (χ0n) is 25.4. The van der Waals surface area contributed by atoms with E-state index >= 15 is 0 Å². The number of fused-ring (bicyclic) bond motifs is 2. The van der Waals surface area contributed by atoms with Crippen LogP contribution in [-0.2, 0) is 51.2 Å². The minimum Gasteiger partial charge on any atom is -0.461 e. The first kappa shape index (κ1) is 33.7. The van der Waals surface area contributed by atoms with Gasteiger partial charge in [-0.05, 0) is 36.8 Å². The average Bonchev–Trinajstić information content (AvgIpc) is 3.83. The van der Waals surface area contributed by atoms with Crippen LogP contribution in [0.4, 0.5) is 9.59 Å². The first-order chi connectivity index (χ1) is 22.4. The molecule has 0 radical (unpaired) electrons. The molecule has 4 aliphatic heterocycles. The number of carbonyl (C=O) groups excluding carboxylic acids is 4. The topological polar surface area (TPSA) is 124 Å². The second kappa shape index (κ2) is 17.3.